The van der Waals surface area contributed by atoms with E-state index in [-0.39, 0.29) is 23.7 Å². The van der Waals surface area contributed by atoms with E-state index >= 15 is 0 Å². The summed E-state index contributed by atoms with van der Waals surface area (Å²) in [5, 5.41) is 2.77. The van der Waals surface area contributed by atoms with E-state index in [1.807, 2.05) is 13.8 Å². The molecule has 7 nitrogen and oxygen atoms in total. The third-order valence-corrected chi connectivity index (χ3v) is 5.29. The first-order chi connectivity index (χ1) is 12.2. The van der Waals surface area contributed by atoms with Gasteiger partial charge in [0.1, 0.15) is 6.04 Å². The van der Waals surface area contributed by atoms with Crippen molar-refractivity contribution in [2.45, 2.75) is 32.7 Å². The highest BCUT2D eigenvalue weighted by molar-refractivity contribution is 5.89. The van der Waals surface area contributed by atoms with Gasteiger partial charge in [0.25, 0.3) is 0 Å². The quantitative estimate of drug-likeness (QED) is 0.583. The van der Waals surface area contributed by atoms with Gasteiger partial charge in [-0.15, -0.1) is 0 Å². The third kappa shape index (κ3) is 3.98. The van der Waals surface area contributed by atoms with Gasteiger partial charge < -0.3 is 20.5 Å². The van der Waals surface area contributed by atoms with Gasteiger partial charge in [-0.2, -0.15) is 0 Å². The lowest BCUT2D eigenvalue weighted by Gasteiger charge is -2.49. The molecule has 0 aromatic heterocycles. The number of carbonyl (C=O) groups excluding carboxylic acids is 3. The molecule has 7 heteroatoms. The first kappa shape index (κ1) is 19.8. The number of hydrogen-bond donors (Lipinski definition) is 2. The average molecular weight is 362 g/mol. The van der Waals surface area contributed by atoms with E-state index in [1.54, 1.807) is 24.3 Å². The zero-order chi connectivity index (χ0) is 19.5. The number of nitrogen functional groups attached to an aromatic ring is 1. The summed E-state index contributed by atoms with van der Waals surface area (Å²) < 4.78 is 9.61. The molecule has 1 aromatic carbocycles. The number of hydrogen-bond acceptors (Lipinski definition) is 6. The molecule has 1 aliphatic carbocycles. The summed E-state index contributed by atoms with van der Waals surface area (Å²) in [4.78, 5) is 36.6. The van der Waals surface area contributed by atoms with Crippen LogP contribution in [-0.4, -0.2) is 38.1 Å². The molecule has 0 aliphatic heterocycles. The van der Waals surface area contributed by atoms with Gasteiger partial charge in [-0.1, -0.05) is 26.0 Å². The van der Waals surface area contributed by atoms with E-state index in [4.69, 9.17) is 15.2 Å². The molecule has 2 rings (SSSR count). The first-order valence-electron chi connectivity index (χ1n) is 8.51. The lowest BCUT2D eigenvalue weighted by molar-refractivity contribution is -0.167. The maximum absolute atomic E-state index is 12.7. The van der Waals surface area contributed by atoms with E-state index in [0.29, 0.717) is 18.5 Å². The highest BCUT2D eigenvalue weighted by Crippen LogP contribution is 2.51. The summed E-state index contributed by atoms with van der Waals surface area (Å²) >= 11 is 0. The molecule has 1 aromatic rings. The summed E-state index contributed by atoms with van der Waals surface area (Å²) in [5.41, 5.74) is 6.62. The van der Waals surface area contributed by atoms with Gasteiger partial charge in [0, 0.05) is 18.0 Å². The molecule has 0 unspecified atom stereocenters. The van der Waals surface area contributed by atoms with Crippen molar-refractivity contribution < 1.29 is 23.9 Å². The van der Waals surface area contributed by atoms with Crippen LogP contribution in [0.3, 0.4) is 0 Å². The Morgan fingerprint density at radius 2 is 1.77 bits per heavy atom. The lowest BCUT2D eigenvalue weighted by Crippen LogP contribution is -2.57. The average Bonchev–Trinajstić information content (AvgIpc) is 2.61. The number of amides is 1. The minimum Gasteiger partial charge on any atom is -0.469 e. The summed E-state index contributed by atoms with van der Waals surface area (Å²) in [5.74, 6) is -1.79. The molecule has 0 spiro atoms. The Bertz CT molecular complexity index is 684. The normalized spacial score (nSPS) is 21.8. The molecule has 0 heterocycles. The Balaban J connectivity index is 2.06. The number of carbonyl (C=O) groups is 3. The van der Waals surface area contributed by atoms with Crippen molar-refractivity contribution in [2.24, 2.45) is 17.3 Å². The predicted molar refractivity (Wildman–Crippen MR) is 95.9 cm³/mol. The maximum atomic E-state index is 12.7. The summed E-state index contributed by atoms with van der Waals surface area (Å²) in [6.07, 6.45) is 0.702. The fraction of sp³-hybridized carbons (Fsp3) is 0.526. The van der Waals surface area contributed by atoms with Crippen LogP contribution < -0.4 is 11.1 Å². The van der Waals surface area contributed by atoms with Crippen LogP contribution in [0.1, 0.15) is 25.8 Å². The molecule has 142 valence electrons. The van der Waals surface area contributed by atoms with Gasteiger partial charge in [-0.25, -0.2) is 4.79 Å². The third-order valence-electron chi connectivity index (χ3n) is 5.29. The zero-order valence-corrected chi connectivity index (χ0v) is 15.6. The number of rotatable bonds is 6. The van der Waals surface area contributed by atoms with E-state index in [1.165, 1.54) is 14.2 Å². The summed E-state index contributed by atoms with van der Waals surface area (Å²) in [6, 6.07) is 6.28. The monoisotopic (exact) mass is 362 g/mol. The van der Waals surface area contributed by atoms with Crippen molar-refractivity contribution in [3.63, 3.8) is 0 Å². The minimum atomic E-state index is -0.802. The van der Waals surface area contributed by atoms with E-state index < -0.39 is 17.4 Å². The summed E-state index contributed by atoms with van der Waals surface area (Å²) in [7, 11) is 2.62. The van der Waals surface area contributed by atoms with Crippen LogP contribution in [0.5, 0.6) is 0 Å². The molecule has 1 saturated carbocycles. The number of esters is 2. The molecule has 3 atom stereocenters. The summed E-state index contributed by atoms with van der Waals surface area (Å²) in [6.45, 7) is 3.71. The van der Waals surface area contributed by atoms with Crippen molar-refractivity contribution in [3.8, 4) is 0 Å². The van der Waals surface area contributed by atoms with Crippen LogP contribution in [0, 0.1) is 17.3 Å². The Kier molecular flexibility index (Phi) is 5.90. The molecule has 1 aliphatic rings. The fourth-order valence-corrected chi connectivity index (χ4v) is 3.41. The van der Waals surface area contributed by atoms with Crippen molar-refractivity contribution in [1.29, 1.82) is 0 Å². The molecule has 1 fully saturated rings. The molecule has 0 bridgehead atoms. The standard InChI is InChI=1S/C19H26N2O5/c1-19(2)13(10-14(19)17(23)25-3)16(22)21-15(18(24)26-4)9-11-5-7-12(20)8-6-11/h5-8,13-15H,9-10,20H2,1-4H3,(H,21,22)/t13-,14+,15+/m1/s1. The highest BCUT2D eigenvalue weighted by Gasteiger charge is 2.55. The Morgan fingerprint density at radius 3 is 2.27 bits per heavy atom. The van der Waals surface area contributed by atoms with Crippen LogP contribution in [0.25, 0.3) is 0 Å². The van der Waals surface area contributed by atoms with Crippen LogP contribution in [0.2, 0.25) is 0 Å². The van der Waals surface area contributed by atoms with E-state index in [9.17, 15) is 14.4 Å². The van der Waals surface area contributed by atoms with Gasteiger partial charge in [-0.3, -0.25) is 9.59 Å². The second-order valence-corrected chi connectivity index (χ2v) is 7.22. The molecule has 0 saturated heterocycles. The number of nitrogens with two attached hydrogens (primary N) is 1. The van der Waals surface area contributed by atoms with Gasteiger partial charge in [0.05, 0.1) is 20.1 Å². The maximum Gasteiger partial charge on any atom is 0.328 e. The van der Waals surface area contributed by atoms with Crippen LogP contribution in [-0.2, 0) is 30.3 Å². The van der Waals surface area contributed by atoms with E-state index in [2.05, 4.69) is 5.32 Å². The van der Waals surface area contributed by atoms with Crippen molar-refractivity contribution in [1.82, 2.24) is 5.32 Å². The number of nitrogens with one attached hydrogen (secondary N) is 1. The lowest BCUT2D eigenvalue weighted by atomic mass is 9.54. The minimum absolute atomic E-state index is 0.263. The zero-order valence-electron chi connectivity index (χ0n) is 15.6. The SMILES string of the molecule is COC(=O)[C@H](Cc1ccc(N)cc1)NC(=O)[C@H]1C[C@@H](C(=O)OC)C1(C)C. The van der Waals surface area contributed by atoms with Crippen LogP contribution >= 0.6 is 0 Å². The van der Waals surface area contributed by atoms with Crippen molar-refractivity contribution in [3.05, 3.63) is 29.8 Å². The molecule has 1 amide bonds. The molecular weight excluding hydrogens is 336 g/mol. The fourth-order valence-electron chi connectivity index (χ4n) is 3.41. The van der Waals surface area contributed by atoms with Crippen LogP contribution in [0.4, 0.5) is 5.69 Å². The Hall–Kier alpha value is -2.57. The second-order valence-electron chi connectivity index (χ2n) is 7.22. The second kappa shape index (κ2) is 7.76. The molecule has 3 N–H and O–H groups in total. The van der Waals surface area contributed by atoms with Crippen molar-refractivity contribution in [2.75, 3.05) is 20.0 Å². The Labute approximate surface area is 153 Å². The van der Waals surface area contributed by atoms with Gasteiger partial charge in [0.15, 0.2) is 0 Å². The van der Waals surface area contributed by atoms with Gasteiger partial charge in [0.2, 0.25) is 5.91 Å². The first-order valence-corrected chi connectivity index (χ1v) is 8.51. The van der Waals surface area contributed by atoms with E-state index in [0.717, 1.165) is 5.56 Å². The Morgan fingerprint density at radius 1 is 1.15 bits per heavy atom. The van der Waals surface area contributed by atoms with Crippen LogP contribution in [0.15, 0.2) is 24.3 Å². The highest BCUT2D eigenvalue weighted by atomic mass is 16.5. The van der Waals surface area contributed by atoms with Crippen molar-refractivity contribution >= 4 is 23.5 Å². The number of anilines is 1. The number of ether oxygens (including phenoxy) is 2. The van der Waals surface area contributed by atoms with Gasteiger partial charge >= 0.3 is 11.9 Å². The number of methoxy groups -OCH3 is 2. The molecular formula is C19H26N2O5. The largest absolute Gasteiger partial charge is 0.469 e. The molecule has 26 heavy (non-hydrogen) atoms. The molecule has 0 radical (unpaired) electrons. The predicted octanol–water partition coefficient (Wildman–Crippen LogP) is 1.30. The topological polar surface area (TPSA) is 108 Å². The van der Waals surface area contributed by atoms with Gasteiger partial charge in [-0.05, 0) is 29.5 Å². The smallest absolute Gasteiger partial charge is 0.328 e. The number of benzene rings is 1.